The van der Waals surface area contributed by atoms with Crippen LogP contribution in [0.15, 0.2) is 78.9 Å². The van der Waals surface area contributed by atoms with Crippen molar-refractivity contribution in [3.63, 3.8) is 0 Å². The van der Waals surface area contributed by atoms with Crippen LogP contribution in [0.25, 0.3) is 0 Å². The predicted octanol–water partition coefficient (Wildman–Crippen LogP) is 4.30. The van der Waals surface area contributed by atoms with Gasteiger partial charge in [-0.15, -0.1) is 0 Å². The minimum absolute atomic E-state index is 0.0496. The molecule has 0 saturated heterocycles. The summed E-state index contributed by atoms with van der Waals surface area (Å²) in [5, 5.41) is 2.93. The molecule has 0 unspecified atom stereocenters. The van der Waals surface area contributed by atoms with E-state index in [2.05, 4.69) is 17.4 Å². The van der Waals surface area contributed by atoms with E-state index in [0.717, 1.165) is 23.4 Å². The highest BCUT2D eigenvalue weighted by Crippen LogP contribution is 2.20. The minimum atomic E-state index is -0.193. The number of ether oxygens (including phenoxy) is 2. The zero-order valence-electron chi connectivity index (χ0n) is 14.6. The van der Waals surface area contributed by atoms with Gasteiger partial charge in [-0.05, 0) is 47.9 Å². The van der Waals surface area contributed by atoms with Gasteiger partial charge in [0.25, 0.3) is 5.91 Å². The minimum Gasteiger partial charge on any atom is -0.497 e. The largest absolute Gasteiger partial charge is 0.497 e. The lowest BCUT2D eigenvalue weighted by molar-refractivity contribution is -0.118. The fraction of sp³-hybridized carbons (Fsp3) is 0.136. The second-order valence-electron chi connectivity index (χ2n) is 5.83. The number of amides is 1. The fourth-order valence-electron chi connectivity index (χ4n) is 2.62. The molecule has 0 radical (unpaired) electrons. The van der Waals surface area contributed by atoms with Crippen molar-refractivity contribution in [1.82, 2.24) is 0 Å². The lowest BCUT2D eigenvalue weighted by atomic mass is 10.0. The zero-order valence-corrected chi connectivity index (χ0v) is 14.6. The van der Waals surface area contributed by atoms with Gasteiger partial charge in [-0.1, -0.05) is 48.5 Å². The van der Waals surface area contributed by atoms with Gasteiger partial charge in [0.2, 0.25) is 0 Å². The number of hydrogen-bond acceptors (Lipinski definition) is 3. The Bertz CT molecular complexity index is 845. The van der Waals surface area contributed by atoms with Crippen LogP contribution in [0, 0.1) is 0 Å². The summed E-state index contributed by atoms with van der Waals surface area (Å²) in [7, 11) is 1.61. The molecular weight excluding hydrogens is 326 g/mol. The molecule has 4 nitrogen and oxygen atoms in total. The molecule has 26 heavy (non-hydrogen) atoms. The van der Waals surface area contributed by atoms with E-state index in [9.17, 15) is 4.79 Å². The first-order valence-corrected chi connectivity index (χ1v) is 8.43. The standard InChI is InChI=1S/C22H21NO3/c1-25-19-11-13-20(14-12-19)26-16-22(24)23-21-10-6-5-9-18(21)15-17-7-3-2-4-8-17/h2-14H,15-16H2,1H3,(H,23,24). The lowest BCUT2D eigenvalue weighted by Gasteiger charge is -2.12. The summed E-state index contributed by atoms with van der Waals surface area (Å²) in [4.78, 5) is 12.3. The van der Waals surface area contributed by atoms with Crippen LogP contribution in [0.5, 0.6) is 11.5 Å². The Morgan fingerprint density at radius 1 is 0.846 bits per heavy atom. The zero-order chi connectivity index (χ0) is 18.2. The Hall–Kier alpha value is -3.27. The van der Waals surface area contributed by atoms with Crippen molar-refractivity contribution in [2.45, 2.75) is 6.42 Å². The third-order valence-electron chi connectivity index (χ3n) is 3.96. The molecule has 4 heteroatoms. The first-order chi connectivity index (χ1) is 12.7. The maximum Gasteiger partial charge on any atom is 0.262 e. The number of anilines is 1. The van der Waals surface area contributed by atoms with Gasteiger partial charge in [0, 0.05) is 5.69 Å². The van der Waals surface area contributed by atoms with E-state index in [1.54, 1.807) is 31.4 Å². The third-order valence-corrected chi connectivity index (χ3v) is 3.96. The van der Waals surface area contributed by atoms with Crippen LogP contribution in [-0.2, 0) is 11.2 Å². The van der Waals surface area contributed by atoms with E-state index in [1.807, 2.05) is 42.5 Å². The Labute approximate surface area is 153 Å². The average Bonchev–Trinajstić information content (AvgIpc) is 2.69. The second-order valence-corrected chi connectivity index (χ2v) is 5.83. The van der Waals surface area contributed by atoms with Gasteiger partial charge in [0.15, 0.2) is 6.61 Å². The highest BCUT2D eigenvalue weighted by atomic mass is 16.5. The van der Waals surface area contributed by atoms with Crippen molar-refractivity contribution in [1.29, 1.82) is 0 Å². The topological polar surface area (TPSA) is 47.6 Å². The number of methoxy groups -OCH3 is 1. The van der Waals surface area contributed by atoms with Crippen LogP contribution >= 0.6 is 0 Å². The van der Waals surface area contributed by atoms with E-state index in [0.29, 0.717) is 5.75 Å². The van der Waals surface area contributed by atoms with Crippen LogP contribution in [0.1, 0.15) is 11.1 Å². The van der Waals surface area contributed by atoms with Gasteiger partial charge in [0.1, 0.15) is 11.5 Å². The van der Waals surface area contributed by atoms with Crippen molar-refractivity contribution < 1.29 is 14.3 Å². The maximum absolute atomic E-state index is 12.3. The average molecular weight is 347 g/mol. The first kappa shape index (κ1) is 17.5. The normalized spacial score (nSPS) is 10.2. The van der Waals surface area contributed by atoms with Gasteiger partial charge in [-0.3, -0.25) is 4.79 Å². The molecule has 3 aromatic rings. The lowest BCUT2D eigenvalue weighted by Crippen LogP contribution is -2.21. The number of benzene rings is 3. The number of carbonyl (C=O) groups excluding carboxylic acids is 1. The van der Waals surface area contributed by atoms with Crippen molar-refractivity contribution in [2.75, 3.05) is 19.0 Å². The van der Waals surface area contributed by atoms with Crippen molar-refractivity contribution >= 4 is 11.6 Å². The number of rotatable bonds is 7. The molecule has 0 fully saturated rings. The van der Waals surface area contributed by atoms with Crippen LogP contribution < -0.4 is 14.8 Å². The third kappa shape index (κ3) is 4.86. The number of para-hydroxylation sites is 1. The quantitative estimate of drug-likeness (QED) is 0.693. The second kappa shape index (κ2) is 8.72. The Kier molecular flexibility index (Phi) is 5.88. The number of carbonyl (C=O) groups is 1. The molecule has 0 saturated carbocycles. The summed E-state index contributed by atoms with van der Waals surface area (Å²) in [6, 6.07) is 25.1. The van der Waals surface area contributed by atoms with E-state index in [4.69, 9.17) is 9.47 Å². The van der Waals surface area contributed by atoms with Gasteiger partial charge in [-0.25, -0.2) is 0 Å². The molecule has 0 spiro atoms. The van der Waals surface area contributed by atoms with Gasteiger partial charge < -0.3 is 14.8 Å². The van der Waals surface area contributed by atoms with E-state index < -0.39 is 0 Å². The molecular formula is C22H21NO3. The van der Waals surface area contributed by atoms with E-state index >= 15 is 0 Å². The van der Waals surface area contributed by atoms with E-state index in [-0.39, 0.29) is 12.5 Å². The van der Waals surface area contributed by atoms with Crippen molar-refractivity contribution in [3.8, 4) is 11.5 Å². The molecule has 1 N–H and O–H groups in total. The molecule has 0 bridgehead atoms. The fourth-order valence-corrected chi connectivity index (χ4v) is 2.62. The molecule has 132 valence electrons. The molecule has 0 aliphatic heterocycles. The summed E-state index contributed by atoms with van der Waals surface area (Å²) >= 11 is 0. The van der Waals surface area contributed by atoms with Crippen LogP contribution in [0.3, 0.4) is 0 Å². The summed E-state index contributed by atoms with van der Waals surface area (Å²) < 4.78 is 10.6. The summed E-state index contributed by atoms with van der Waals surface area (Å²) in [5.74, 6) is 1.18. The highest BCUT2D eigenvalue weighted by Gasteiger charge is 2.08. The number of hydrogen-bond donors (Lipinski definition) is 1. The van der Waals surface area contributed by atoms with Crippen molar-refractivity contribution in [2.24, 2.45) is 0 Å². The van der Waals surface area contributed by atoms with Crippen LogP contribution in [-0.4, -0.2) is 19.6 Å². The van der Waals surface area contributed by atoms with Crippen LogP contribution in [0.2, 0.25) is 0 Å². The maximum atomic E-state index is 12.3. The smallest absolute Gasteiger partial charge is 0.262 e. The van der Waals surface area contributed by atoms with Gasteiger partial charge in [-0.2, -0.15) is 0 Å². The Morgan fingerprint density at radius 2 is 1.50 bits per heavy atom. The Morgan fingerprint density at radius 3 is 2.23 bits per heavy atom. The predicted molar refractivity (Wildman–Crippen MR) is 103 cm³/mol. The molecule has 3 rings (SSSR count). The van der Waals surface area contributed by atoms with Gasteiger partial charge in [0.05, 0.1) is 7.11 Å². The SMILES string of the molecule is COc1ccc(OCC(=O)Nc2ccccc2Cc2ccccc2)cc1. The molecule has 0 aromatic heterocycles. The Balaban J connectivity index is 1.60. The molecule has 0 aliphatic rings. The molecule has 0 aliphatic carbocycles. The monoisotopic (exact) mass is 347 g/mol. The number of nitrogens with one attached hydrogen (secondary N) is 1. The molecule has 3 aromatic carbocycles. The van der Waals surface area contributed by atoms with Crippen molar-refractivity contribution in [3.05, 3.63) is 90.0 Å². The van der Waals surface area contributed by atoms with Gasteiger partial charge >= 0.3 is 0 Å². The first-order valence-electron chi connectivity index (χ1n) is 8.43. The molecule has 0 atom stereocenters. The summed E-state index contributed by atoms with van der Waals surface area (Å²) in [6.07, 6.45) is 0.761. The van der Waals surface area contributed by atoms with Crippen LogP contribution in [0.4, 0.5) is 5.69 Å². The molecule has 1 amide bonds. The van der Waals surface area contributed by atoms with E-state index in [1.165, 1.54) is 5.56 Å². The molecule has 0 heterocycles. The summed E-state index contributed by atoms with van der Waals surface area (Å²) in [5.41, 5.74) is 3.07. The summed E-state index contributed by atoms with van der Waals surface area (Å²) in [6.45, 7) is -0.0496. The highest BCUT2D eigenvalue weighted by molar-refractivity contribution is 5.92.